The molecule has 0 aliphatic carbocycles. The minimum atomic E-state index is -3.55. The Balaban J connectivity index is 1.94. The van der Waals surface area contributed by atoms with Crippen molar-refractivity contribution in [3.8, 4) is 11.5 Å². The minimum Gasteiger partial charge on any atom is -0.492 e. The SMILES string of the molecule is CCOc1cc2c(cc1NC(=O)c1ccc(Cl)c(S(C)(=O)=O)c1)O[C@@H](C)C2. The van der Waals surface area contributed by atoms with Gasteiger partial charge < -0.3 is 14.8 Å². The molecule has 3 rings (SSSR count). The average Bonchev–Trinajstić information content (AvgIpc) is 2.93. The number of amides is 1. The first-order chi connectivity index (χ1) is 12.7. The van der Waals surface area contributed by atoms with Crippen LogP contribution in [0, 0.1) is 0 Å². The summed E-state index contributed by atoms with van der Waals surface area (Å²) < 4.78 is 35.1. The van der Waals surface area contributed by atoms with Crippen molar-refractivity contribution in [3.63, 3.8) is 0 Å². The van der Waals surface area contributed by atoms with Gasteiger partial charge >= 0.3 is 0 Å². The number of anilines is 1. The van der Waals surface area contributed by atoms with E-state index in [0.29, 0.717) is 23.8 Å². The van der Waals surface area contributed by atoms with E-state index in [1.807, 2.05) is 19.9 Å². The zero-order chi connectivity index (χ0) is 19.8. The molecular weight excluding hydrogens is 390 g/mol. The minimum absolute atomic E-state index is 0.0639. The van der Waals surface area contributed by atoms with Crippen LogP contribution in [0.5, 0.6) is 11.5 Å². The van der Waals surface area contributed by atoms with E-state index >= 15 is 0 Å². The second-order valence-electron chi connectivity index (χ2n) is 6.39. The second-order valence-corrected chi connectivity index (χ2v) is 8.78. The monoisotopic (exact) mass is 409 g/mol. The van der Waals surface area contributed by atoms with Crippen LogP contribution >= 0.6 is 11.6 Å². The Kier molecular flexibility index (Phi) is 5.35. The molecule has 0 unspecified atom stereocenters. The number of halogens is 1. The smallest absolute Gasteiger partial charge is 0.255 e. The Bertz CT molecular complexity index is 1000. The number of sulfone groups is 1. The number of benzene rings is 2. The van der Waals surface area contributed by atoms with Crippen molar-refractivity contribution in [2.75, 3.05) is 18.2 Å². The maximum absolute atomic E-state index is 12.7. The van der Waals surface area contributed by atoms with Crippen LogP contribution in [0.2, 0.25) is 5.02 Å². The summed E-state index contributed by atoms with van der Waals surface area (Å²) in [7, 11) is -3.55. The summed E-state index contributed by atoms with van der Waals surface area (Å²) in [5, 5.41) is 2.85. The van der Waals surface area contributed by atoms with E-state index in [9.17, 15) is 13.2 Å². The maximum Gasteiger partial charge on any atom is 0.255 e. The number of rotatable bonds is 5. The Morgan fingerprint density at radius 2 is 2.07 bits per heavy atom. The third kappa shape index (κ3) is 4.20. The Morgan fingerprint density at radius 3 is 2.74 bits per heavy atom. The first-order valence-corrected chi connectivity index (χ1v) is 10.7. The maximum atomic E-state index is 12.7. The standard InChI is InChI=1S/C19H20ClNO5S/c1-4-25-17-8-13-7-11(2)26-16(13)10-15(17)21-19(22)12-5-6-14(20)18(9-12)27(3,23)24/h5-6,8-11H,4,7H2,1-3H3,(H,21,22)/t11-/m0/s1. The quantitative estimate of drug-likeness (QED) is 0.813. The molecule has 0 saturated heterocycles. The lowest BCUT2D eigenvalue weighted by Crippen LogP contribution is -2.14. The molecule has 0 fully saturated rings. The molecule has 1 aliphatic rings. The molecule has 0 saturated carbocycles. The van der Waals surface area contributed by atoms with Crippen LogP contribution in [0.25, 0.3) is 0 Å². The van der Waals surface area contributed by atoms with E-state index in [-0.39, 0.29) is 21.6 Å². The van der Waals surface area contributed by atoms with Gasteiger partial charge in [-0.05, 0) is 38.1 Å². The van der Waals surface area contributed by atoms with E-state index in [0.717, 1.165) is 18.2 Å². The molecule has 6 nitrogen and oxygen atoms in total. The molecule has 1 amide bonds. The van der Waals surface area contributed by atoms with E-state index in [1.165, 1.54) is 18.2 Å². The number of nitrogens with one attached hydrogen (secondary N) is 1. The third-order valence-electron chi connectivity index (χ3n) is 4.14. The Hall–Kier alpha value is -2.25. The fourth-order valence-corrected chi connectivity index (χ4v) is 4.24. The second kappa shape index (κ2) is 7.40. The highest BCUT2D eigenvalue weighted by Gasteiger charge is 2.23. The van der Waals surface area contributed by atoms with Gasteiger partial charge in [0.1, 0.15) is 17.6 Å². The highest BCUT2D eigenvalue weighted by molar-refractivity contribution is 7.90. The zero-order valence-electron chi connectivity index (χ0n) is 15.2. The highest BCUT2D eigenvalue weighted by Crippen LogP contribution is 2.38. The first kappa shape index (κ1) is 19.5. The van der Waals surface area contributed by atoms with Crippen molar-refractivity contribution in [1.82, 2.24) is 0 Å². The first-order valence-electron chi connectivity index (χ1n) is 8.46. The molecule has 8 heteroatoms. The van der Waals surface area contributed by atoms with Crippen LogP contribution in [0.4, 0.5) is 5.69 Å². The van der Waals surface area contributed by atoms with Crippen molar-refractivity contribution < 1.29 is 22.7 Å². The Labute approximate surface area is 163 Å². The van der Waals surface area contributed by atoms with Gasteiger partial charge in [-0.2, -0.15) is 0 Å². The molecular formula is C19H20ClNO5S. The van der Waals surface area contributed by atoms with Crippen molar-refractivity contribution in [1.29, 1.82) is 0 Å². The zero-order valence-corrected chi connectivity index (χ0v) is 16.8. The molecule has 0 bridgehead atoms. The summed E-state index contributed by atoms with van der Waals surface area (Å²) in [6, 6.07) is 7.72. The fourth-order valence-electron chi connectivity index (χ4n) is 2.94. The van der Waals surface area contributed by atoms with Crippen molar-refractivity contribution in [3.05, 3.63) is 46.5 Å². The van der Waals surface area contributed by atoms with Crippen LogP contribution in [-0.4, -0.2) is 33.3 Å². The average molecular weight is 410 g/mol. The summed E-state index contributed by atoms with van der Waals surface area (Å²) >= 11 is 5.94. The lowest BCUT2D eigenvalue weighted by atomic mass is 10.1. The largest absolute Gasteiger partial charge is 0.492 e. The predicted octanol–water partition coefficient (Wildman–Crippen LogP) is 3.72. The van der Waals surface area contributed by atoms with Gasteiger partial charge in [0.05, 0.1) is 22.2 Å². The van der Waals surface area contributed by atoms with Gasteiger partial charge in [-0.1, -0.05) is 11.6 Å². The van der Waals surface area contributed by atoms with Gasteiger partial charge in [-0.3, -0.25) is 4.79 Å². The molecule has 1 heterocycles. The van der Waals surface area contributed by atoms with Crippen LogP contribution in [0.15, 0.2) is 35.2 Å². The molecule has 144 valence electrons. The topological polar surface area (TPSA) is 81.7 Å². The van der Waals surface area contributed by atoms with Crippen LogP contribution in [0.3, 0.4) is 0 Å². The number of carbonyl (C=O) groups is 1. The summed E-state index contributed by atoms with van der Waals surface area (Å²) in [4.78, 5) is 12.6. The number of ether oxygens (including phenoxy) is 2. The molecule has 1 atom stereocenters. The van der Waals surface area contributed by atoms with Gasteiger partial charge in [-0.15, -0.1) is 0 Å². The summed E-state index contributed by atoms with van der Waals surface area (Å²) in [6.45, 7) is 4.27. The number of hydrogen-bond donors (Lipinski definition) is 1. The predicted molar refractivity (Wildman–Crippen MR) is 104 cm³/mol. The summed E-state index contributed by atoms with van der Waals surface area (Å²) in [5.41, 5.74) is 1.66. The van der Waals surface area contributed by atoms with Gasteiger partial charge in [0.2, 0.25) is 0 Å². The molecule has 0 spiro atoms. The highest BCUT2D eigenvalue weighted by atomic mass is 35.5. The molecule has 2 aromatic carbocycles. The Morgan fingerprint density at radius 1 is 1.33 bits per heavy atom. The van der Waals surface area contributed by atoms with Gasteiger partial charge in [0.15, 0.2) is 9.84 Å². The lowest BCUT2D eigenvalue weighted by Gasteiger charge is -2.14. The van der Waals surface area contributed by atoms with Gasteiger partial charge in [0.25, 0.3) is 5.91 Å². The number of fused-ring (bicyclic) bond motifs is 1. The summed E-state index contributed by atoms with van der Waals surface area (Å²) in [5.74, 6) is 0.775. The van der Waals surface area contributed by atoms with Crippen molar-refractivity contribution in [2.45, 2.75) is 31.3 Å². The van der Waals surface area contributed by atoms with E-state index in [1.54, 1.807) is 6.07 Å². The summed E-state index contributed by atoms with van der Waals surface area (Å²) in [6.07, 6.45) is 1.88. The van der Waals surface area contributed by atoms with E-state index in [2.05, 4.69) is 5.32 Å². The molecule has 1 aliphatic heterocycles. The lowest BCUT2D eigenvalue weighted by molar-refractivity contribution is 0.102. The third-order valence-corrected chi connectivity index (χ3v) is 5.72. The molecule has 2 aromatic rings. The van der Waals surface area contributed by atoms with Crippen molar-refractivity contribution in [2.24, 2.45) is 0 Å². The van der Waals surface area contributed by atoms with Crippen LogP contribution in [0.1, 0.15) is 29.8 Å². The number of carbonyl (C=O) groups excluding carboxylic acids is 1. The van der Waals surface area contributed by atoms with Gasteiger partial charge in [-0.25, -0.2) is 8.42 Å². The van der Waals surface area contributed by atoms with Crippen molar-refractivity contribution >= 4 is 33.0 Å². The van der Waals surface area contributed by atoms with Crippen LogP contribution in [-0.2, 0) is 16.3 Å². The molecule has 0 radical (unpaired) electrons. The molecule has 1 N–H and O–H groups in total. The van der Waals surface area contributed by atoms with E-state index < -0.39 is 15.7 Å². The van der Waals surface area contributed by atoms with Crippen LogP contribution < -0.4 is 14.8 Å². The molecule has 27 heavy (non-hydrogen) atoms. The normalized spacial score (nSPS) is 15.8. The fraction of sp³-hybridized carbons (Fsp3) is 0.316. The molecule has 0 aromatic heterocycles. The van der Waals surface area contributed by atoms with Gasteiger partial charge in [0, 0.05) is 29.9 Å². The van der Waals surface area contributed by atoms with E-state index in [4.69, 9.17) is 21.1 Å². The number of hydrogen-bond acceptors (Lipinski definition) is 5.